The molecule has 1 rings (SSSR count). The van der Waals surface area contributed by atoms with Crippen LogP contribution in [0.1, 0.15) is 44.9 Å². The Hall–Kier alpha value is 0. The van der Waals surface area contributed by atoms with Crippen LogP contribution in [-0.2, 0) is 0 Å². The van der Waals surface area contributed by atoms with Crippen molar-refractivity contribution in [3.8, 4) is 0 Å². The molecule has 0 heterocycles. The topological polar surface area (TPSA) is 36.4 Å². The lowest BCUT2D eigenvalue weighted by atomic mass is 9.86. The smallest absolute Gasteiger partial charge is 0.190 e. The van der Waals surface area contributed by atoms with Crippen molar-refractivity contribution in [2.75, 3.05) is 20.6 Å². The lowest BCUT2D eigenvalue weighted by Crippen LogP contribution is -2.35. The van der Waals surface area contributed by atoms with Gasteiger partial charge in [-0.25, -0.2) is 0 Å². The van der Waals surface area contributed by atoms with Gasteiger partial charge in [-0.3, -0.25) is 4.99 Å². The second-order valence-corrected chi connectivity index (χ2v) is 4.40. The van der Waals surface area contributed by atoms with Crippen molar-refractivity contribution in [1.82, 2.24) is 10.6 Å². The highest BCUT2D eigenvalue weighted by molar-refractivity contribution is 14.0. The molecule has 0 unspecified atom stereocenters. The van der Waals surface area contributed by atoms with Gasteiger partial charge in [-0.05, 0) is 18.8 Å². The van der Waals surface area contributed by atoms with E-state index in [0.717, 1.165) is 18.4 Å². The Morgan fingerprint density at radius 2 is 1.94 bits per heavy atom. The molecule has 0 radical (unpaired) electrons. The second-order valence-electron chi connectivity index (χ2n) is 4.40. The third kappa shape index (κ3) is 6.55. The highest BCUT2D eigenvalue weighted by atomic mass is 127. The third-order valence-electron chi connectivity index (χ3n) is 3.27. The van der Waals surface area contributed by atoms with E-state index in [1.807, 2.05) is 7.05 Å². The van der Waals surface area contributed by atoms with Gasteiger partial charge in [-0.1, -0.05) is 32.1 Å². The van der Waals surface area contributed by atoms with Gasteiger partial charge in [0.15, 0.2) is 5.96 Å². The molecule has 96 valence electrons. The van der Waals surface area contributed by atoms with Crippen LogP contribution in [0.5, 0.6) is 0 Å². The number of guanidine groups is 1. The molecule has 16 heavy (non-hydrogen) atoms. The van der Waals surface area contributed by atoms with Gasteiger partial charge in [0.1, 0.15) is 0 Å². The van der Waals surface area contributed by atoms with Crippen molar-refractivity contribution in [1.29, 1.82) is 0 Å². The van der Waals surface area contributed by atoms with E-state index in [-0.39, 0.29) is 24.0 Å². The minimum Gasteiger partial charge on any atom is -0.359 e. The standard InChI is InChI=1S/C12H25N3.HI/c1-13-12(14-2)15-10-6-9-11-7-4-3-5-8-11;/h11H,3-10H2,1-2H3,(H2,13,14,15);1H. The molecule has 4 heteroatoms. The zero-order chi connectivity index (χ0) is 10.9. The summed E-state index contributed by atoms with van der Waals surface area (Å²) in [6.07, 6.45) is 9.94. The van der Waals surface area contributed by atoms with Crippen LogP contribution in [0, 0.1) is 5.92 Å². The van der Waals surface area contributed by atoms with Crippen molar-refractivity contribution in [3.63, 3.8) is 0 Å². The number of halogens is 1. The maximum atomic E-state index is 4.09. The first-order chi connectivity index (χ1) is 7.36. The molecule has 1 saturated carbocycles. The summed E-state index contributed by atoms with van der Waals surface area (Å²) in [5.41, 5.74) is 0. The van der Waals surface area contributed by atoms with Gasteiger partial charge in [0.05, 0.1) is 0 Å². The molecule has 3 nitrogen and oxygen atoms in total. The van der Waals surface area contributed by atoms with E-state index in [2.05, 4.69) is 15.6 Å². The second kappa shape index (κ2) is 10.2. The number of hydrogen-bond acceptors (Lipinski definition) is 1. The Labute approximate surface area is 117 Å². The molecule has 0 aromatic rings. The molecule has 0 aromatic carbocycles. The highest BCUT2D eigenvalue weighted by Gasteiger charge is 2.12. The van der Waals surface area contributed by atoms with Gasteiger partial charge in [-0.15, -0.1) is 24.0 Å². The van der Waals surface area contributed by atoms with E-state index in [1.165, 1.54) is 44.9 Å². The quantitative estimate of drug-likeness (QED) is 0.358. The van der Waals surface area contributed by atoms with Gasteiger partial charge in [0.25, 0.3) is 0 Å². The Morgan fingerprint density at radius 3 is 2.50 bits per heavy atom. The van der Waals surface area contributed by atoms with Crippen LogP contribution in [0.15, 0.2) is 4.99 Å². The van der Waals surface area contributed by atoms with Crippen molar-refractivity contribution in [3.05, 3.63) is 0 Å². The van der Waals surface area contributed by atoms with E-state index in [0.29, 0.717) is 0 Å². The first-order valence-corrected chi connectivity index (χ1v) is 6.25. The fourth-order valence-electron chi connectivity index (χ4n) is 2.35. The number of rotatable bonds is 4. The van der Waals surface area contributed by atoms with Crippen molar-refractivity contribution in [2.24, 2.45) is 10.9 Å². The summed E-state index contributed by atoms with van der Waals surface area (Å²) < 4.78 is 0. The predicted molar refractivity (Wildman–Crippen MR) is 81.6 cm³/mol. The fraction of sp³-hybridized carbons (Fsp3) is 0.917. The van der Waals surface area contributed by atoms with E-state index < -0.39 is 0 Å². The molecule has 2 N–H and O–H groups in total. The van der Waals surface area contributed by atoms with Gasteiger partial charge < -0.3 is 10.6 Å². The molecule has 0 saturated heterocycles. The number of hydrogen-bond donors (Lipinski definition) is 2. The highest BCUT2D eigenvalue weighted by Crippen LogP contribution is 2.26. The summed E-state index contributed by atoms with van der Waals surface area (Å²) in [5.74, 6) is 1.90. The summed E-state index contributed by atoms with van der Waals surface area (Å²) in [6, 6.07) is 0. The summed E-state index contributed by atoms with van der Waals surface area (Å²) in [7, 11) is 3.70. The molecule has 0 aliphatic heterocycles. The first-order valence-electron chi connectivity index (χ1n) is 6.25. The van der Waals surface area contributed by atoms with Crippen LogP contribution >= 0.6 is 24.0 Å². The molecule has 1 aliphatic rings. The van der Waals surface area contributed by atoms with Gasteiger partial charge in [-0.2, -0.15) is 0 Å². The molecular formula is C12H26IN3. The summed E-state index contributed by atoms with van der Waals surface area (Å²) in [5, 5.41) is 6.33. The van der Waals surface area contributed by atoms with E-state index in [1.54, 1.807) is 7.05 Å². The van der Waals surface area contributed by atoms with Crippen LogP contribution in [0.2, 0.25) is 0 Å². The monoisotopic (exact) mass is 339 g/mol. The van der Waals surface area contributed by atoms with Crippen LogP contribution in [-0.4, -0.2) is 26.6 Å². The molecule has 1 aliphatic carbocycles. The van der Waals surface area contributed by atoms with E-state index in [4.69, 9.17) is 0 Å². The third-order valence-corrected chi connectivity index (χ3v) is 3.27. The molecule has 0 bridgehead atoms. The van der Waals surface area contributed by atoms with Crippen LogP contribution in [0.3, 0.4) is 0 Å². The Balaban J connectivity index is 0.00000225. The van der Waals surface area contributed by atoms with Gasteiger partial charge in [0.2, 0.25) is 0 Å². The SMILES string of the molecule is CN=C(NC)NCCCC1CCCCC1.I. The minimum atomic E-state index is 0. The average Bonchev–Trinajstić information content (AvgIpc) is 2.31. The Kier molecular flexibility index (Phi) is 10.2. The summed E-state index contributed by atoms with van der Waals surface area (Å²) in [6.45, 7) is 1.05. The van der Waals surface area contributed by atoms with E-state index >= 15 is 0 Å². The molecular weight excluding hydrogens is 313 g/mol. The molecule has 0 amide bonds. The number of aliphatic imine (C=N–C) groups is 1. The molecule has 0 atom stereocenters. The summed E-state index contributed by atoms with van der Waals surface area (Å²) >= 11 is 0. The zero-order valence-electron chi connectivity index (χ0n) is 10.6. The molecule has 1 fully saturated rings. The lowest BCUT2D eigenvalue weighted by molar-refractivity contribution is 0.332. The van der Waals surface area contributed by atoms with Crippen molar-refractivity contribution >= 4 is 29.9 Å². The maximum absolute atomic E-state index is 4.09. The van der Waals surface area contributed by atoms with Crippen molar-refractivity contribution in [2.45, 2.75) is 44.9 Å². The predicted octanol–water partition coefficient (Wildman–Crippen LogP) is 2.76. The van der Waals surface area contributed by atoms with E-state index in [9.17, 15) is 0 Å². The van der Waals surface area contributed by atoms with Crippen molar-refractivity contribution < 1.29 is 0 Å². The van der Waals surface area contributed by atoms with Crippen LogP contribution in [0.25, 0.3) is 0 Å². The number of nitrogens with one attached hydrogen (secondary N) is 2. The summed E-state index contributed by atoms with van der Waals surface area (Å²) in [4.78, 5) is 4.09. The first kappa shape index (κ1) is 16.0. The Bertz CT molecular complexity index is 189. The maximum Gasteiger partial charge on any atom is 0.190 e. The zero-order valence-corrected chi connectivity index (χ0v) is 12.9. The largest absolute Gasteiger partial charge is 0.359 e. The lowest BCUT2D eigenvalue weighted by Gasteiger charge is -2.21. The average molecular weight is 339 g/mol. The van der Waals surface area contributed by atoms with Crippen LogP contribution in [0.4, 0.5) is 0 Å². The molecule has 0 aromatic heterocycles. The van der Waals surface area contributed by atoms with Crippen LogP contribution < -0.4 is 10.6 Å². The Morgan fingerprint density at radius 1 is 1.25 bits per heavy atom. The van der Waals surface area contributed by atoms with Gasteiger partial charge >= 0.3 is 0 Å². The fourth-order valence-corrected chi connectivity index (χ4v) is 2.35. The normalized spacial score (nSPS) is 17.8. The van der Waals surface area contributed by atoms with Gasteiger partial charge in [0, 0.05) is 20.6 Å². The number of nitrogens with zero attached hydrogens (tertiary/aromatic N) is 1. The minimum absolute atomic E-state index is 0. The molecule has 0 spiro atoms.